The Morgan fingerprint density at radius 3 is 1.24 bits per heavy atom. The second-order valence-corrected chi connectivity index (χ2v) is 14.1. The summed E-state index contributed by atoms with van der Waals surface area (Å²) in [5, 5.41) is 7.74. The topological polar surface area (TPSA) is 7.65 Å². The summed E-state index contributed by atoms with van der Waals surface area (Å²) >= 11 is 0. The zero-order valence-electron chi connectivity index (χ0n) is 29.5. The quantitative estimate of drug-likeness (QED) is 0.125. The van der Waals surface area contributed by atoms with Crippen LogP contribution in [0, 0.1) is 0 Å². The molecule has 2 aromatic heterocycles. The van der Waals surface area contributed by atoms with Crippen LogP contribution in [-0.4, -0.2) is 4.40 Å². The lowest BCUT2D eigenvalue weighted by molar-refractivity contribution is 1.28. The van der Waals surface area contributed by atoms with Gasteiger partial charge >= 0.3 is 0 Å². The highest BCUT2D eigenvalue weighted by atomic mass is 15.1. The summed E-state index contributed by atoms with van der Waals surface area (Å²) in [7, 11) is 0. The minimum Gasteiger partial charge on any atom is -0.311 e. The number of aromatic nitrogens is 1. The van der Waals surface area contributed by atoms with Crippen molar-refractivity contribution in [3.8, 4) is 33.4 Å². The van der Waals surface area contributed by atoms with Crippen LogP contribution in [0.4, 0.5) is 17.1 Å². The van der Waals surface area contributed by atoms with Gasteiger partial charge in [0.1, 0.15) is 0 Å². The molecule has 54 heavy (non-hydrogen) atoms. The van der Waals surface area contributed by atoms with Crippen molar-refractivity contribution in [1.29, 1.82) is 0 Å². The fourth-order valence-corrected chi connectivity index (χ4v) is 8.63. The molecule has 11 rings (SSSR count). The monoisotopic (exact) mass is 686 g/mol. The number of pyridine rings is 1. The van der Waals surface area contributed by atoms with Gasteiger partial charge in [-0.05, 0) is 98.8 Å². The van der Waals surface area contributed by atoms with E-state index in [0.29, 0.717) is 0 Å². The van der Waals surface area contributed by atoms with E-state index >= 15 is 0 Å². The highest BCUT2D eigenvalue weighted by Crippen LogP contribution is 2.45. The van der Waals surface area contributed by atoms with Crippen LogP contribution in [0.3, 0.4) is 0 Å². The smallest absolute Gasteiger partial charge is 0.0626 e. The van der Waals surface area contributed by atoms with E-state index in [1.54, 1.807) is 0 Å². The predicted octanol–water partition coefficient (Wildman–Crippen LogP) is 14.5. The van der Waals surface area contributed by atoms with E-state index in [1.165, 1.54) is 82.2 Å². The minimum absolute atomic E-state index is 1.11. The third kappa shape index (κ3) is 4.74. The molecule has 2 heterocycles. The highest BCUT2D eigenvalue weighted by Gasteiger charge is 2.21. The number of hydrogen-bond donors (Lipinski definition) is 0. The number of para-hydroxylation sites is 2. The highest BCUT2D eigenvalue weighted by molar-refractivity contribution is 6.31. The average molecular weight is 687 g/mol. The molecule has 0 radical (unpaired) electrons. The van der Waals surface area contributed by atoms with Gasteiger partial charge < -0.3 is 9.30 Å². The Bertz CT molecular complexity index is 3020. The number of nitrogens with zero attached hydrogens (tertiary/aromatic N) is 2. The van der Waals surface area contributed by atoms with E-state index < -0.39 is 0 Å². The Hall–Kier alpha value is -7.16. The molecule has 2 heteroatoms. The molecular formula is C52H34N2. The standard InChI is InChI=1S/C52H34N2/c1-3-12-35(13-4-1)37-22-28-40(29-23-37)53(41-30-24-38(25-31-41)36-14-5-2-6-15-36)42-32-26-39(27-33-42)47-34-48-44-17-8-10-21-50(44)54-49-20-9-7-16-43(49)45-18-11-19-46(47)51(45)52(48)54/h1-34H. The fraction of sp³-hybridized carbons (Fsp3) is 0. The molecule has 0 atom stereocenters. The van der Waals surface area contributed by atoms with Crippen molar-refractivity contribution in [1.82, 2.24) is 4.40 Å². The van der Waals surface area contributed by atoms with E-state index in [1.807, 2.05) is 0 Å². The molecular weight excluding hydrogens is 653 g/mol. The Kier molecular flexibility index (Phi) is 6.90. The van der Waals surface area contributed by atoms with E-state index in [9.17, 15) is 0 Å². The SMILES string of the molecule is c1ccc(-c2ccc(N(c3ccc(-c4ccccc4)cc3)c3ccc(-c4cc5c6ccccc6n6c7ccccc7c7cccc4c7c56)cc3)cc2)cc1. The van der Waals surface area contributed by atoms with Crippen LogP contribution in [0.5, 0.6) is 0 Å². The summed E-state index contributed by atoms with van der Waals surface area (Å²) in [4.78, 5) is 2.36. The zero-order chi connectivity index (χ0) is 35.6. The van der Waals surface area contributed by atoms with Gasteiger partial charge in [-0.25, -0.2) is 0 Å². The molecule has 11 aromatic rings. The third-order valence-electron chi connectivity index (χ3n) is 11.1. The van der Waals surface area contributed by atoms with E-state index in [4.69, 9.17) is 0 Å². The third-order valence-corrected chi connectivity index (χ3v) is 11.1. The first-order chi connectivity index (χ1) is 26.8. The van der Waals surface area contributed by atoms with E-state index in [-0.39, 0.29) is 0 Å². The first-order valence-corrected chi connectivity index (χ1v) is 18.6. The Labute approximate surface area is 313 Å². The van der Waals surface area contributed by atoms with E-state index in [0.717, 1.165) is 17.1 Å². The molecule has 0 fully saturated rings. The summed E-state index contributed by atoms with van der Waals surface area (Å²) in [6.45, 7) is 0. The molecule has 0 aliphatic heterocycles. The second kappa shape index (κ2) is 12.2. The van der Waals surface area contributed by atoms with Crippen molar-refractivity contribution in [3.05, 3.63) is 206 Å². The molecule has 0 aliphatic carbocycles. The van der Waals surface area contributed by atoms with Crippen LogP contribution < -0.4 is 4.90 Å². The Balaban J connectivity index is 1.07. The van der Waals surface area contributed by atoms with Crippen molar-refractivity contribution >= 4 is 65.9 Å². The second-order valence-electron chi connectivity index (χ2n) is 14.1. The van der Waals surface area contributed by atoms with Crippen LogP contribution in [-0.2, 0) is 0 Å². The summed E-state index contributed by atoms with van der Waals surface area (Å²) in [5.74, 6) is 0. The van der Waals surface area contributed by atoms with Gasteiger partial charge in [-0.1, -0.05) is 152 Å². The van der Waals surface area contributed by atoms with Crippen LogP contribution in [0.2, 0.25) is 0 Å². The van der Waals surface area contributed by atoms with Gasteiger partial charge in [-0.15, -0.1) is 0 Å². The number of rotatable bonds is 6. The van der Waals surface area contributed by atoms with Gasteiger partial charge in [-0.2, -0.15) is 0 Å². The van der Waals surface area contributed by atoms with Crippen LogP contribution in [0.25, 0.3) is 82.2 Å². The Morgan fingerprint density at radius 1 is 0.296 bits per heavy atom. The maximum Gasteiger partial charge on any atom is 0.0626 e. The normalized spacial score (nSPS) is 11.7. The molecule has 0 saturated heterocycles. The zero-order valence-corrected chi connectivity index (χ0v) is 29.5. The average Bonchev–Trinajstić information content (AvgIpc) is 3.59. The van der Waals surface area contributed by atoms with Gasteiger partial charge in [0.05, 0.1) is 16.6 Å². The molecule has 9 aromatic carbocycles. The first-order valence-electron chi connectivity index (χ1n) is 18.6. The lowest BCUT2D eigenvalue weighted by Crippen LogP contribution is -2.09. The fourth-order valence-electron chi connectivity index (χ4n) is 8.63. The largest absolute Gasteiger partial charge is 0.311 e. The van der Waals surface area contributed by atoms with Crippen molar-refractivity contribution < 1.29 is 0 Å². The Morgan fingerprint density at radius 2 is 0.704 bits per heavy atom. The van der Waals surface area contributed by atoms with Gasteiger partial charge in [0.2, 0.25) is 0 Å². The molecule has 0 amide bonds. The number of fused-ring (bicyclic) bond motifs is 6. The molecule has 0 saturated carbocycles. The maximum atomic E-state index is 2.48. The summed E-state index contributed by atoms with van der Waals surface area (Å²) in [6.07, 6.45) is 0. The van der Waals surface area contributed by atoms with Gasteiger partial charge in [0.25, 0.3) is 0 Å². The summed E-state index contributed by atoms with van der Waals surface area (Å²) in [6, 6.07) is 75.0. The van der Waals surface area contributed by atoms with Crippen LogP contribution >= 0.6 is 0 Å². The lowest BCUT2D eigenvalue weighted by Gasteiger charge is -2.26. The number of hydrogen-bond acceptors (Lipinski definition) is 1. The number of anilines is 3. The molecule has 2 nitrogen and oxygen atoms in total. The summed E-state index contributed by atoms with van der Waals surface area (Å²) < 4.78 is 2.48. The summed E-state index contributed by atoms with van der Waals surface area (Å²) in [5.41, 5.74) is 14.4. The number of benzene rings is 9. The van der Waals surface area contributed by atoms with Crippen molar-refractivity contribution in [2.45, 2.75) is 0 Å². The molecule has 0 N–H and O–H groups in total. The molecule has 0 unspecified atom stereocenters. The van der Waals surface area contributed by atoms with Gasteiger partial charge in [0.15, 0.2) is 0 Å². The van der Waals surface area contributed by atoms with Crippen molar-refractivity contribution in [3.63, 3.8) is 0 Å². The lowest BCUT2D eigenvalue weighted by atomic mass is 9.92. The van der Waals surface area contributed by atoms with E-state index in [2.05, 4.69) is 216 Å². The molecule has 0 bridgehead atoms. The maximum absolute atomic E-state index is 2.48. The molecule has 252 valence electrons. The molecule has 0 aliphatic rings. The van der Waals surface area contributed by atoms with Crippen molar-refractivity contribution in [2.24, 2.45) is 0 Å². The minimum atomic E-state index is 1.11. The van der Waals surface area contributed by atoms with Gasteiger partial charge in [-0.3, -0.25) is 0 Å². The predicted molar refractivity (Wildman–Crippen MR) is 230 cm³/mol. The van der Waals surface area contributed by atoms with Gasteiger partial charge in [0, 0.05) is 38.6 Å². The van der Waals surface area contributed by atoms with Crippen LogP contribution in [0.15, 0.2) is 206 Å². The van der Waals surface area contributed by atoms with Crippen LogP contribution in [0.1, 0.15) is 0 Å². The molecule has 0 spiro atoms. The first kappa shape index (κ1) is 30.5. The van der Waals surface area contributed by atoms with Crippen molar-refractivity contribution in [2.75, 3.05) is 4.90 Å².